The summed E-state index contributed by atoms with van der Waals surface area (Å²) in [6, 6.07) is 2.16. The Morgan fingerprint density at radius 3 is 2.39 bits per heavy atom. The van der Waals surface area contributed by atoms with Crippen LogP contribution in [-0.4, -0.2) is 48.1 Å². The van der Waals surface area contributed by atoms with Crippen molar-refractivity contribution in [2.75, 3.05) is 13.7 Å². The molecule has 1 unspecified atom stereocenters. The van der Waals surface area contributed by atoms with Gasteiger partial charge in [-0.1, -0.05) is 34.6 Å². The van der Waals surface area contributed by atoms with Crippen molar-refractivity contribution in [3.05, 3.63) is 18.0 Å². The van der Waals surface area contributed by atoms with E-state index >= 15 is 0 Å². The van der Waals surface area contributed by atoms with Gasteiger partial charge in [-0.05, 0) is 123 Å². The van der Waals surface area contributed by atoms with Crippen LogP contribution in [0, 0.1) is 51.8 Å². The van der Waals surface area contributed by atoms with Crippen molar-refractivity contribution < 1.29 is 14.3 Å². The summed E-state index contributed by atoms with van der Waals surface area (Å²) < 4.78 is 14.9. The van der Waals surface area contributed by atoms with E-state index in [4.69, 9.17) is 9.16 Å². The van der Waals surface area contributed by atoms with Crippen LogP contribution in [0.1, 0.15) is 105 Å². The number of nitriles is 1. The van der Waals surface area contributed by atoms with Gasteiger partial charge in [-0.2, -0.15) is 10.4 Å². The van der Waals surface area contributed by atoms with E-state index in [1.54, 1.807) is 17.1 Å². The molecule has 1 aromatic rings. The number of aromatic nitrogens is 2. The highest BCUT2D eigenvalue weighted by molar-refractivity contribution is 6.74. The molecule has 4 aliphatic rings. The summed E-state index contributed by atoms with van der Waals surface area (Å²) >= 11 is 0. The first-order valence-corrected chi connectivity index (χ1v) is 19.3. The fraction of sp³-hybridized carbons (Fsp3) is 0.882. The van der Waals surface area contributed by atoms with Crippen molar-refractivity contribution >= 4 is 8.32 Å². The average molecular weight is 584 g/mol. The molecule has 6 nitrogen and oxygen atoms in total. The van der Waals surface area contributed by atoms with E-state index in [2.05, 4.69) is 58.9 Å². The Labute approximate surface area is 250 Å². The van der Waals surface area contributed by atoms with Gasteiger partial charge >= 0.3 is 0 Å². The van der Waals surface area contributed by atoms with Crippen LogP contribution in [0.2, 0.25) is 18.1 Å². The van der Waals surface area contributed by atoms with Gasteiger partial charge in [0.2, 0.25) is 0 Å². The van der Waals surface area contributed by atoms with Gasteiger partial charge in [0.25, 0.3) is 0 Å². The molecular formula is C34H57N3O3Si. The van der Waals surface area contributed by atoms with E-state index in [1.807, 2.05) is 14.0 Å². The molecule has 4 fully saturated rings. The highest BCUT2D eigenvalue weighted by atomic mass is 28.4. The van der Waals surface area contributed by atoms with Crippen molar-refractivity contribution in [2.24, 2.45) is 40.4 Å². The fourth-order valence-electron chi connectivity index (χ4n) is 10.5. The van der Waals surface area contributed by atoms with Gasteiger partial charge in [0.05, 0.1) is 36.1 Å². The maximum Gasteiger partial charge on any atom is 0.192 e. The van der Waals surface area contributed by atoms with Gasteiger partial charge in [-0.25, -0.2) is 0 Å². The standard InChI is InChI=1S/C34H57N3O3Si/c1-30(2,3)41(8,9)40-34(23-39-7)17-16-31(4)25(18-34)10-11-26-27-12-13-29(32(27,5)15-14-28(26)31)33(6,38)22-37-21-24(19-35)20-36-37/h20-21,25-29,38H,10-18,22-23H2,1-9H3/t25-,26+,27+,28+,29?,31+,32+,33-,34-/m1/s1. The van der Waals surface area contributed by atoms with Gasteiger partial charge in [0.1, 0.15) is 6.07 Å². The summed E-state index contributed by atoms with van der Waals surface area (Å²) in [5.41, 5.74) is 0.0775. The Hall–Kier alpha value is -1.20. The molecule has 230 valence electrons. The number of fused-ring (bicyclic) bond motifs is 5. The summed E-state index contributed by atoms with van der Waals surface area (Å²) in [5.74, 6) is 3.13. The van der Waals surface area contributed by atoms with E-state index < -0.39 is 13.9 Å². The first-order chi connectivity index (χ1) is 19.0. The molecule has 9 atom stereocenters. The molecule has 4 saturated carbocycles. The highest BCUT2D eigenvalue weighted by Gasteiger charge is 2.64. The topological polar surface area (TPSA) is 80.3 Å². The average Bonchev–Trinajstić information content (AvgIpc) is 3.47. The zero-order valence-electron chi connectivity index (χ0n) is 27.4. The minimum absolute atomic E-state index is 0.146. The van der Waals surface area contributed by atoms with Gasteiger partial charge < -0.3 is 14.3 Å². The molecule has 7 heteroatoms. The number of aliphatic hydroxyl groups is 1. The van der Waals surface area contributed by atoms with Crippen LogP contribution < -0.4 is 0 Å². The number of rotatable bonds is 7. The Bertz CT molecular complexity index is 1150. The quantitative estimate of drug-likeness (QED) is 0.335. The summed E-state index contributed by atoms with van der Waals surface area (Å²) in [6.07, 6.45) is 14.2. The summed E-state index contributed by atoms with van der Waals surface area (Å²) in [4.78, 5) is 0. The van der Waals surface area contributed by atoms with Crippen LogP contribution in [0.4, 0.5) is 0 Å². The second-order valence-corrected chi connectivity index (χ2v) is 21.6. The van der Waals surface area contributed by atoms with Crippen LogP contribution >= 0.6 is 0 Å². The maximum absolute atomic E-state index is 11.9. The molecule has 1 aromatic heterocycles. The van der Waals surface area contributed by atoms with Crippen molar-refractivity contribution in [3.8, 4) is 6.07 Å². The lowest BCUT2D eigenvalue weighted by molar-refractivity contribution is -0.167. The molecule has 1 heterocycles. The van der Waals surface area contributed by atoms with E-state index in [0.29, 0.717) is 36.0 Å². The van der Waals surface area contributed by atoms with Crippen LogP contribution in [0.5, 0.6) is 0 Å². The molecule has 0 radical (unpaired) electrons. The van der Waals surface area contributed by atoms with Gasteiger partial charge in [-0.15, -0.1) is 0 Å². The number of methoxy groups -OCH3 is 1. The van der Waals surface area contributed by atoms with E-state index in [1.165, 1.54) is 38.5 Å². The Balaban J connectivity index is 1.33. The number of hydrogen-bond donors (Lipinski definition) is 1. The minimum atomic E-state index is -1.93. The third-order valence-corrected chi connectivity index (χ3v) is 18.0. The normalized spacial score (nSPS) is 40.7. The molecule has 0 aromatic carbocycles. The zero-order valence-corrected chi connectivity index (χ0v) is 28.4. The molecule has 0 saturated heterocycles. The number of nitrogens with zero attached hydrogens (tertiary/aromatic N) is 3. The third-order valence-electron chi connectivity index (χ3n) is 13.5. The fourth-order valence-corrected chi connectivity index (χ4v) is 12.1. The summed E-state index contributed by atoms with van der Waals surface area (Å²) in [6.45, 7) is 20.2. The van der Waals surface area contributed by atoms with Crippen LogP contribution in [0.25, 0.3) is 0 Å². The van der Waals surface area contributed by atoms with Crippen LogP contribution in [0.15, 0.2) is 12.4 Å². The van der Waals surface area contributed by atoms with Crippen molar-refractivity contribution in [2.45, 2.75) is 135 Å². The highest BCUT2D eigenvalue weighted by Crippen LogP contribution is 2.69. The first kappa shape index (κ1) is 31.2. The number of ether oxygens (including phenoxy) is 1. The summed E-state index contributed by atoms with van der Waals surface area (Å²) in [5, 5.41) is 25.7. The lowest BCUT2D eigenvalue weighted by Gasteiger charge is -2.63. The molecule has 5 rings (SSSR count). The largest absolute Gasteiger partial charge is 0.409 e. The third kappa shape index (κ3) is 5.27. The van der Waals surface area contributed by atoms with E-state index in [-0.39, 0.29) is 22.0 Å². The second-order valence-electron chi connectivity index (χ2n) is 16.9. The van der Waals surface area contributed by atoms with Gasteiger partial charge in [0.15, 0.2) is 8.32 Å². The van der Waals surface area contributed by atoms with Crippen molar-refractivity contribution in [1.29, 1.82) is 5.26 Å². The van der Waals surface area contributed by atoms with E-state index in [0.717, 1.165) is 31.1 Å². The van der Waals surface area contributed by atoms with E-state index in [9.17, 15) is 10.4 Å². The van der Waals surface area contributed by atoms with Crippen molar-refractivity contribution in [3.63, 3.8) is 0 Å². The molecular weight excluding hydrogens is 526 g/mol. The molecule has 4 aliphatic carbocycles. The molecule has 0 aliphatic heterocycles. The maximum atomic E-state index is 11.9. The predicted octanol–water partition coefficient (Wildman–Crippen LogP) is 7.57. The molecule has 41 heavy (non-hydrogen) atoms. The smallest absolute Gasteiger partial charge is 0.192 e. The van der Waals surface area contributed by atoms with Crippen LogP contribution in [-0.2, 0) is 15.7 Å². The SMILES string of the molecule is COC[C@@]1(O[Si](C)(C)C(C)(C)C)CC[C@@]2(C)[C@H](CC[C@@H]3[C@@H]2CC[C@]2(C)C([C@](C)(O)Cn4cc(C#N)cn4)CC[C@@H]32)C1. The summed E-state index contributed by atoms with van der Waals surface area (Å²) in [7, 11) is -0.0746. The zero-order chi connectivity index (χ0) is 30.1. The Morgan fingerprint density at radius 2 is 1.76 bits per heavy atom. The lowest BCUT2D eigenvalue weighted by Crippen LogP contribution is -2.60. The van der Waals surface area contributed by atoms with Gasteiger partial charge in [-0.3, -0.25) is 4.68 Å². The molecule has 0 bridgehead atoms. The minimum Gasteiger partial charge on any atom is -0.409 e. The monoisotopic (exact) mass is 583 g/mol. The predicted molar refractivity (Wildman–Crippen MR) is 166 cm³/mol. The Kier molecular flexibility index (Phi) is 7.97. The Morgan fingerprint density at radius 1 is 1.05 bits per heavy atom. The molecule has 1 N–H and O–H groups in total. The first-order valence-electron chi connectivity index (χ1n) is 16.3. The lowest BCUT2D eigenvalue weighted by atomic mass is 9.43. The van der Waals surface area contributed by atoms with Crippen molar-refractivity contribution in [1.82, 2.24) is 9.78 Å². The van der Waals surface area contributed by atoms with Gasteiger partial charge in [0, 0.05) is 13.3 Å². The van der Waals surface area contributed by atoms with Crippen LogP contribution in [0.3, 0.4) is 0 Å². The molecule has 0 spiro atoms. The molecule has 0 amide bonds. The number of hydrogen-bond acceptors (Lipinski definition) is 5. The second kappa shape index (κ2) is 10.5.